The zero-order chi connectivity index (χ0) is 15.2. The molecule has 2 N–H and O–H groups in total. The van der Waals surface area contributed by atoms with E-state index in [1.807, 2.05) is 0 Å². The van der Waals surface area contributed by atoms with Crippen molar-refractivity contribution in [3.05, 3.63) is 52.5 Å². The molecule has 0 saturated carbocycles. The van der Waals surface area contributed by atoms with Crippen LogP contribution in [-0.4, -0.2) is 18.1 Å². The van der Waals surface area contributed by atoms with Gasteiger partial charge in [0.15, 0.2) is 0 Å². The summed E-state index contributed by atoms with van der Waals surface area (Å²) in [5, 5.41) is 15.8. The summed E-state index contributed by atoms with van der Waals surface area (Å²) in [7, 11) is 1.41. The van der Waals surface area contributed by atoms with Crippen LogP contribution in [0, 0.1) is 10.1 Å². The maximum absolute atomic E-state index is 11.8. The van der Waals surface area contributed by atoms with E-state index in [1.165, 1.54) is 31.6 Å². The quantitative estimate of drug-likeness (QED) is 0.650. The fourth-order valence-electron chi connectivity index (χ4n) is 1.65. The Balaban J connectivity index is 2.04. The average molecular weight is 291 g/mol. The van der Waals surface area contributed by atoms with E-state index in [4.69, 9.17) is 9.15 Å². The molecule has 0 aliphatic rings. The van der Waals surface area contributed by atoms with Gasteiger partial charge in [-0.1, -0.05) is 0 Å². The summed E-state index contributed by atoms with van der Waals surface area (Å²) in [5.41, 5.74) is 0.0702. The Labute approximate surface area is 119 Å². The van der Waals surface area contributed by atoms with Gasteiger partial charge in [0.1, 0.15) is 11.5 Å². The largest absolute Gasteiger partial charge is 0.495 e. The number of rotatable bonds is 5. The number of nitro groups is 1. The third kappa shape index (κ3) is 3.72. The lowest BCUT2D eigenvalue weighted by Crippen LogP contribution is -2.28. The van der Waals surface area contributed by atoms with Crippen LogP contribution in [0.2, 0.25) is 0 Å². The van der Waals surface area contributed by atoms with Crippen molar-refractivity contribution in [2.75, 3.05) is 12.4 Å². The number of methoxy groups -OCH3 is 1. The van der Waals surface area contributed by atoms with Crippen LogP contribution in [0.4, 0.5) is 16.2 Å². The van der Waals surface area contributed by atoms with Gasteiger partial charge >= 0.3 is 6.03 Å². The van der Waals surface area contributed by atoms with Crippen LogP contribution in [0.5, 0.6) is 5.75 Å². The fourth-order valence-corrected chi connectivity index (χ4v) is 1.65. The normalized spacial score (nSPS) is 9.95. The van der Waals surface area contributed by atoms with Gasteiger partial charge in [0, 0.05) is 12.1 Å². The Hall–Kier alpha value is -3.03. The maximum Gasteiger partial charge on any atom is 0.319 e. The first kappa shape index (κ1) is 14.4. The fraction of sp³-hybridized carbons (Fsp3) is 0.154. The number of hydrogen-bond donors (Lipinski definition) is 2. The van der Waals surface area contributed by atoms with Gasteiger partial charge in [-0.2, -0.15) is 0 Å². The predicted molar refractivity (Wildman–Crippen MR) is 74.2 cm³/mol. The lowest BCUT2D eigenvalue weighted by Gasteiger charge is -2.10. The van der Waals surface area contributed by atoms with E-state index in [9.17, 15) is 14.9 Å². The van der Waals surface area contributed by atoms with E-state index in [0.717, 1.165) is 0 Å². The van der Waals surface area contributed by atoms with Crippen molar-refractivity contribution in [3.63, 3.8) is 0 Å². The summed E-state index contributed by atoms with van der Waals surface area (Å²) < 4.78 is 10.1. The number of benzene rings is 1. The number of ether oxygens (including phenoxy) is 1. The van der Waals surface area contributed by atoms with Crippen molar-refractivity contribution in [2.45, 2.75) is 6.54 Å². The monoisotopic (exact) mass is 291 g/mol. The first-order valence-electron chi connectivity index (χ1n) is 6.00. The Bertz CT molecular complexity index is 639. The van der Waals surface area contributed by atoms with E-state index < -0.39 is 11.0 Å². The summed E-state index contributed by atoms with van der Waals surface area (Å²) in [6.45, 7) is 0.204. The summed E-state index contributed by atoms with van der Waals surface area (Å²) in [4.78, 5) is 22.0. The van der Waals surface area contributed by atoms with E-state index in [1.54, 1.807) is 12.1 Å². The molecule has 8 nitrogen and oxygen atoms in total. The first-order chi connectivity index (χ1) is 10.1. The smallest absolute Gasteiger partial charge is 0.319 e. The van der Waals surface area contributed by atoms with Crippen LogP contribution in [0.15, 0.2) is 41.0 Å². The molecule has 0 spiro atoms. The van der Waals surface area contributed by atoms with Crippen LogP contribution in [0.3, 0.4) is 0 Å². The maximum atomic E-state index is 11.8. The molecular weight excluding hydrogens is 278 g/mol. The lowest BCUT2D eigenvalue weighted by molar-refractivity contribution is -0.384. The Morgan fingerprint density at radius 1 is 1.43 bits per heavy atom. The number of anilines is 1. The van der Waals surface area contributed by atoms with E-state index in [0.29, 0.717) is 11.5 Å². The highest BCUT2D eigenvalue weighted by atomic mass is 16.6. The topological polar surface area (TPSA) is 107 Å². The van der Waals surface area contributed by atoms with Crippen molar-refractivity contribution < 1.29 is 18.9 Å². The SMILES string of the molecule is COc1ccc([N+](=O)[O-])cc1NC(=O)NCc1ccco1. The van der Waals surface area contributed by atoms with Crippen LogP contribution in [0.1, 0.15) is 5.76 Å². The molecule has 2 aromatic rings. The number of furan rings is 1. The van der Waals surface area contributed by atoms with Crippen molar-refractivity contribution in [1.82, 2.24) is 5.32 Å². The number of carbonyl (C=O) groups is 1. The van der Waals surface area contributed by atoms with Gasteiger partial charge in [-0.05, 0) is 18.2 Å². The molecule has 0 aliphatic carbocycles. The third-order valence-electron chi connectivity index (χ3n) is 2.65. The van der Waals surface area contributed by atoms with Crippen LogP contribution in [0.25, 0.3) is 0 Å². The summed E-state index contributed by atoms with van der Waals surface area (Å²) in [6, 6.07) is 6.84. The minimum absolute atomic E-state index is 0.142. The van der Waals surface area contributed by atoms with Gasteiger partial charge in [-0.15, -0.1) is 0 Å². The molecule has 0 atom stereocenters. The number of amides is 2. The second-order valence-corrected chi connectivity index (χ2v) is 4.03. The second-order valence-electron chi connectivity index (χ2n) is 4.03. The van der Waals surface area contributed by atoms with E-state index in [-0.39, 0.29) is 17.9 Å². The third-order valence-corrected chi connectivity index (χ3v) is 2.65. The van der Waals surface area contributed by atoms with Crippen molar-refractivity contribution in [3.8, 4) is 5.75 Å². The Kier molecular flexibility index (Phi) is 4.39. The molecule has 2 amide bonds. The molecule has 1 heterocycles. The molecule has 1 aromatic heterocycles. The standard InChI is InChI=1S/C13H13N3O5/c1-20-12-5-4-9(16(18)19)7-11(12)15-13(17)14-8-10-3-2-6-21-10/h2-7H,8H2,1H3,(H2,14,15,17). The van der Waals surface area contributed by atoms with Crippen LogP contribution >= 0.6 is 0 Å². The van der Waals surface area contributed by atoms with Crippen molar-refractivity contribution in [1.29, 1.82) is 0 Å². The molecule has 0 bridgehead atoms. The molecular formula is C13H13N3O5. The molecule has 0 fully saturated rings. The number of nitrogens with one attached hydrogen (secondary N) is 2. The van der Waals surface area contributed by atoms with Gasteiger partial charge in [0.25, 0.3) is 5.69 Å². The van der Waals surface area contributed by atoms with Gasteiger partial charge in [-0.3, -0.25) is 10.1 Å². The Morgan fingerprint density at radius 3 is 2.86 bits per heavy atom. The lowest BCUT2D eigenvalue weighted by atomic mass is 10.2. The minimum Gasteiger partial charge on any atom is -0.495 e. The number of carbonyl (C=O) groups excluding carboxylic acids is 1. The molecule has 110 valence electrons. The van der Waals surface area contributed by atoms with E-state index >= 15 is 0 Å². The number of hydrogen-bond acceptors (Lipinski definition) is 5. The highest BCUT2D eigenvalue weighted by Gasteiger charge is 2.13. The summed E-state index contributed by atoms with van der Waals surface area (Å²) in [6.07, 6.45) is 1.50. The zero-order valence-electron chi connectivity index (χ0n) is 11.2. The van der Waals surface area contributed by atoms with Crippen molar-refractivity contribution in [2.24, 2.45) is 0 Å². The molecule has 21 heavy (non-hydrogen) atoms. The van der Waals surface area contributed by atoms with Gasteiger partial charge in [0.05, 0.1) is 30.5 Å². The molecule has 1 aromatic carbocycles. The Morgan fingerprint density at radius 2 is 2.24 bits per heavy atom. The first-order valence-corrected chi connectivity index (χ1v) is 6.00. The van der Waals surface area contributed by atoms with Gasteiger partial charge in [-0.25, -0.2) is 4.79 Å². The highest BCUT2D eigenvalue weighted by molar-refractivity contribution is 5.91. The van der Waals surface area contributed by atoms with Crippen molar-refractivity contribution >= 4 is 17.4 Å². The molecule has 2 rings (SSSR count). The number of urea groups is 1. The molecule has 8 heteroatoms. The molecule has 0 saturated heterocycles. The second kappa shape index (κ2) is 6.42. The zero-order valence-corrected chi connectivity index (χ0v) is 11.2. The van der Waals surface area contributed by atoms with Gasteiger partial charge in [0.2, 0.25) is 0 Å². The highest BCUT2D eigenvalue weighted by Crippen LogP contribution is 2.28. The average Bonchev–Trinajstić information content (AvgIpc) is 2.98. The molecule has 0 radical (unpaired) electrons. The number of non-ortho nitro benzene ring substituents is 1. The number of nitrogens with zero attached hydrogens (tertiary/aromatic N) is 1. The summed E-state index contributed by atoms with van der Waals surface area (Å²) >= 11 is 0. The van der Waals surface area contributed by atoms with Crippen LogP contribution < -0.4 is 15.4 Å². The minimum atomic E-state index is -0.550. The molecule has 0 aliphatic heterocycles. The number of nitro benzene ring substituents is 1. The summed E-state index contributed by atoms with van der Waals surface area (Å²) in [5.74, 6) is 0.921. The predicted octanol–water partition coefficient (Wildman–Crippen LogP) is 2.52. The van der Waals surface area contributed by atoms with Gasteiger partial charge < -0.3 is 19.8 Å². The van der Waals surface area contributed by atoms with E-state index in [2.05, 4.69) is 10.6 Å². The van der Waals surface area contributed by atoms with Crippen LogP contribution in [-0.2, 0) is 6.54 Å². The molecule has 0 unspecified atom stereocenters.